The third kappa shape index (κ3) is 1.79. The lowest BCUT2D eigenvalue weighted by molar-refractivity contribution is -0.612. The fourth-order valence-corrected chi connectivity index (χ4v) is 1.58. The number of nitro groups is 1. The normalized spacial score (nSPS) is 16.1. The smallest absolute Gasteiger partial charge is 0.273 e. The van der Waals surface area contributed by atoms with E-state index in [9.17, 15) is 24.5 Å². The molecule has 8 heteroatoms. The van der Waals surface area contributed by atoms with Gasteiger partial charge < -0.3 is 0 Å². The lowest BCUT2D eigenvalue weighted by Gasteiger charge is -2.26. The van der Waals surface area contributed by atoms with Gasteiger partial charge in [0.25, 0.3) is 0 Å². The monoisotopic (exact) mass is 249 g/mol. The second-order valence-electron chi connectivity index (χ2n) is 3.47. The van der Waals surface area contributed by atoms with E-state index in [1.165, 1.54) is 12.1 Å². The summed E-state index contributed by atoms with van der Waals surface area (Å²) in [6.45, 7) is 0. The van der Waals surface area contributed by atoms with Crippen molar-refractivity contribution < 1.29 is 19.4 Å². The minimum absolute atomic E-state index is 0.158. The van der Waals surface area contributed by atoms with Crippen LogP contribution >= 0.6 is 0 Å². The molecule has 1 fully saturated rings. The summed E-state index contributed by atoms with van der Waals surface area (Å²) in [6, 6.07) is 6.44. The lowest BCUT2D eigenvalue weighted by Crippen LogP contribution is -2.57. The van der Waals surface area contributed by atoms with Gasteiger partial charge >= 0.3 is 11.9 Å². The second-order valence-corrected chi connectivity index (χ2v) is 3.47. The number of barbiturate groups is 1. The molecule has 0 N–H and O–H groups in total. The number of hydrazine groups is 1. The summed E-state index contributed by atoms with van der Waals surface area (Å²) in [5, 5.41) is 9.32. The predicted octanol–water partition coefficient (Wildman–Crippen LogP) is 0.564. The van der Waals surface area contributed by atoms with Crippen LogP contribution in [0.2, 0.25) is 0 Å². The van der Waals surface area contributed by atoms with E-state index in [0.717, 1.165) is 0 Å². The minimum Gasteiger partial charge on any atom is -0.273 e. The van der Waals surface area contributed by atoms with Crippen molar-refractivity contribution in [3.05, 3.63) is 40.4 Å². The molecular formula is C10H7N3O5. The molecule has 1 heterocycles. The molecule has 2 rings (SSSR count). The van der Waals surface area contributed by atoms with Gasteiger partial charge in [-0.3, -0.25) is 9.59 Å². The number of carbonyl (C=O) groups is 3. The van der Waals surface area contributed by atoms with Crippen molar-refractivity contribution in [3.63, 3.8) is 0 Å². The number of para-hydroxylation sites is 1. The number of amides is 4. The Kier molecular flexibility index (Phi) is 2.76. The summed E-state index contributed by atoms with van der Waals surface area (Å²) in [4.78, 5) is 45.9. The minimum atomic E-state index is -1.27. The van der Waals surface area contributed by atoms with Crippen molar-refractivity contribution in [1.82, 2.24) is 5.01 Å². The van der Waals surface area contributed by atoms with E-state index in [1.807, 2.05) is 0 Å². The zero-order valence-corrected chi connectivity index (χ0v) is 8.98. The van der Waals surface area contributed by atoms with Crippen molar-refractivity contribution >= 4 is 23.5 Å². The summed E-state index contributed by atoms with van der Waals surface area (Å²) < 4.78 is 0. The number of hydrogen-bond acceptors (Lipinski definition) is 5. The van der Waals surface area contributed by atoms with Gasteiger partial charge in [-0.15, -0.1) is 0 Å². The molecule has 1 aromatic carbocycles. The molecule has 1 aliphatic heterocycles. The molecule has 18 heavy (non-hydrogen) atoms. The third-order valence-corrected chi connectivity index (χ3v) is 2.34. The van der Waals surface area contributed by atoms with Gasteiger partial charge in [-0.25, -0.2) is 19.8 Å². The number of carbonyl (C=O) groups excluding carboxylic acids is 3. The number of imide groups is 2. The number of benzene rings is 1. The first-order valence-electron chi connectivity index (χ1n) is 4.91. The van der Waals surface area contributed by atoms with Crippen LogP contribution in [-0.4, -0.2) is 27.9 Å². The maximum Gasteiger partial charge on any atom is 0.398 e. The van der Waals surface area contributed by atoms with Crippen molar-refractivity contribution in [2.45, 2.75) is 6.42 Å². The average Bonchev–Trinajstić information content (AvgIpc) is 2.28. The molecule has 0 radical (unpaired) electrons. The van der Waals surface area contributed by atoms with Gasteiger partial charge in [-0.05, 0) is 12.1 Å². The fraction of sp³-hybridized carbons (Fsp3) is 0.100. The van der Waals surface area contributed by atoms with E-state index in [2.05, 4.69) is 0 Å². The lowest BCUT2D eigenvalue weighted by atomic mass is 10.2. The molecule has 8 nitrogen and oxygen atoms in total. The summed E-state index contributed by atoms with van der Waals surface area (Å²) in [5.74, 6) is -1.92. The first kappa shape index (κ1) is 11.7. The average molecular weight is 249 g/mol. The molecule has 1 aliphatic rings. The molecule has 1 saturated heterocycles. The summed E-state index contributed by atoms with van der Waals surface area (Å²) >= 11 is 0. The van der Waals surface area contributed by atoms with E-state index in [-0.39, 0.29) is 10.7 Å². The molecule has 0 atom stereocenters. The van der Waals surface area contributed by atoms with Crippen LogP contribution in [0.25, 0.3) is 0 Å². The van der Waals surface area contributed by atoms with Gasteiger partial charge in [0.15, 0.2) is 5.03 Å². The van der Waals surface area contributed by atoms with Crippen molar-refractivity contribution in [2.24, 2.45) is 0 Å². The van der Waals surface area contributed by atoms with Crippen LogP contribution in [-0.2, 0) is 9.59 Å². The SMILES string of the molecule is O=C1CC(=O)N([N+](=O)[O-])C(=O)N1c1ccccc1. The largest absolute Gasteiger partial charge is 0.398 e. The van der Waals surface area contributed by atoms with Gasteiger partial charge in [0.1, 0.15) is 6.42 Å². The Morgan fingerprint density at radius 2 is 1.67 bits per heavy atom. The number of nitrogens with zero attached hydrogens (tertiary/aromatic N) is 3. The highest BCUT2D eigenvalue weighted by molar-refractivity contribution is 6.25. The molecule has 0 spiro atoms. The highest BCUT2D eigenvalue weighted by atomic mass is 16.7. The highest BCUT2D eigenvalue weighted by Crippen LogP contribution is 2.21. The Morgan fingerprint density at radius 3 is 2.22 bits per heavy atom. The molecule has 0 aliphatic carbocycles. The zero-order valence-electron chi connectivity index (χ0n) is 8.98. The summed E-state index contributed by atoms with van der Waals surface area (Å²) in [7, 11) is 0. The van der Waals surface area contributed by atoms with Gasteiger partial charge in [0, 0.05) is 5.01 Å². The molecule has 92 valence electrons. The molecule has 1 aromatic rings. The Balaban J connectivity index is 2.42. The van der Waals surface area contributed by atoms with Crippen LogP contribution < -0.4 is 4.90 Å². The molecule has 0 unspecified atom stereocenters. The van der Waals surface area contributed by atoms with Crippen molar-refractivity contribution in [3.8, 4) is 0 Å². The van der Waals surface area contributed by atoms with Crippen LogP contribution in [0, 0.1) is 10.1 Å². The van der Waals surface area contributed by atoms with Gasteiger partial charge in [-0.1, -0.05) is 18.2 Å². The second kappa shape index (κ2) is 4.24. The number of hydrogen-bond donors (Lipinski definition) is 0. The van der Waals surface area contributed by atoms with E-state index >= 15 is 0 Å². The number of rotatable bonds is 2. The van der Waals surface area contributed by atoms with Gasteiger partial charge in [-0.2, -0.15) is 0 Å². The first-order valence-corrected chi connectivity index (χ1v) is 4.91. The van der Waals surface area contributed by atoms with E-state index in [1.54, 1.807) is 18.2 Å². The summed E-state index contributed by atoms with van der Waals surface area (Å²) in [6.07, 6.45) is -0.707. The van der Waals surface area contributed by atoms with Crippen LogP contribution in [0.1, 0.15) is 6.42 Å². The zero-order chi connectivity index (χ0) is 13.3. The summed E-state index contributed by atoms with van der Waals surface area (Å²) in [5.41, 5.74) is 0.187. The van der Waals surface area contributed by atoms with E-state index in [4.69, 9.17) is 0 Å². The van der Waals surface area contributed by atoms with Gasteiger partial charge in [0.05, 0.1) is 5.69 Å². The van der Waals surface area contributed by atoms with Crippen LogP contribution in [0.5, 0.6) is 0 Å². The first-order chi connectivity index (χ1) is 8.52. The molecule has 0 aromatic heterocycles. The van der Waals surface area contributed by atoms with Crippen LogP contribution in [0.3, 0.4) is 0 Å². The fourth-order valence-electron chi connectivity index (χ4n) is 1.58. The Morgan fingerprint density at radius 1 is 1.06 bits per heavy atom. The molecular weight excluding hydrogens is 242 g/mol. The number of urea groups is 1. The Labute approximate surface area is 101 Å². The van der Waals surface area contributed by atoms with Gasteiger partial charge in [0.2, 0.25) is 5.91 Å². The maximum absolute atomic E-state index is 11.8. The van der Waals surface area contributed by atoms with Crippen LogP contribution in [0.4, 0.5) is 10.5 Å². The van der Waals surface area contributed by atoms with E-state index < -0.39 is 29.3 Å². The van der Waals surface area contributed by atoms with Crippen molar-refractivity contribution in [1.29, 1.82) is 0 Å². The van der Waals surface area contributed by atoms with E-state index in [0.29, 0.717) is 4.90 Å². The maximum atomic E-state index is 11.8. The Hall–Kier alpha value is -2.77. The van der Waals surface area contributed by atoms with Crippen molar-refractivity contribution in [2.75, 3.05) is 4.90 Å². The third-order valence-electron chi connectivity index (χ3n) is 2.34. The highest BCUT2D eigenvalue weighted by Gasteiger charge is 2.46. The molecule has 0 bridgehead atoms. The molecule has 4 amide bonds. The topological polar surface area (TPSA) is 101 Å². The van der Waals surface area contributed by atoms with Crippen LogP contribution in [0.15, 0.2) is 30.3 Å². The standard InChI is InChI=1S/C10H7N3O5/c14-8-6-9(15)12(13(17)18)10(16)11(8)7-4-2-1-3-5-7/h1-5H,6H2. The molecule has 0 saturated carbocycles. The predicted molar refractivity (Wildman–Crippen MR) is 57.8 cm³/mol. The number of anilines is 1. The quantitative estimate of drug-likeness (QED) is 0.433. The Bertz CT molecular complexity index is 542.